The van der Waals surface area contributed by atoms with Crippen LogP contribution in [0, 0.1) is 17.8 Å². The Bertz CT molecular complexity index is 1100. The second-order valence-electron chi connectivity index (χ2n) is 9.46. The fourth-order valence-corrected chi connectivity index (χ4v) is 3.90. The lowest BCUT2D eigenvalue weighted by Gasteiger charge is -2.31. The van der Waals surface area contributed by atoms with Crippen LogP contribution in [-0.2, 0) is 9.59 Å². The molecule has 2 aliphatic rings. The minimum absolute atomic E-state index is 0.00917. The third-order valence-electron chi connectivity index (χ3n) is 5.92. The van der Waals surface area contributed by atoms with E-state index in [1.165, 1.54) is 23.2 Å². The number of likely N-dealkylation sites (N-methyl/N-ethyl adjacent to an activating group) is 2. The van der Waals surface area contributed by atoms with Gasteiger partial charge in [0.25, 0.3) is 0 Å². The summed E-state index contributed by atoms with van der Waals surface area (Å²) in [5, 5.41) is 9.37. The first kappa shape index (κ1) is 28.8. The molecule has 1 atom stereocenters. The second kappa shape index (κ2) is 14.9. The van der Waals surface area contributed by atoms with E-state index in [0.717, 1.165) is 31.5 Å². The number of pyridine rings is 1. The predicted octanol–water partition coefficient (Wildman–Crippen LogP) is 1.37. The first-order valence-electron chi connectivity index (χ1n) is 12.8. The van der Waals surface area contributed by atoms with Crippen molar-refractivity contribution in [3.8, 4) is 11.8 Å². The van der Waals surface area contributed by atoms with E-state index >= 15 is 0 Å². The van der Waals surface area contributed by atoms with Crippen LogP contribution in [0.15, 0.2) is 47.2 Å². The molecule has 11 heteroatoms. The van der Waals surface area contributed by atoms with Gasteiger partial charge in [0.05, 0.1) is 24.0 Å². The van der Waals surface area contributed by atoms with E-state index in [0.29, 0.717) is 37.6 Å². The van der Waals surface area contributed by atoms with Crippen molar-refractivity contribution >= 4 is 23.5 Å². The number of rotatable bonds is 10. The quantitative estimate of drug-likeness (QED) is 0.184. The number of hydrogen-bond acceptors (Lipinski definition) is 8. The highest BCUT2D eigenvalue weighted by Gasteiger charge is 2.27. The number of unbranched alkanes of at least 4 members (excludes halogenated alkanes) is 1. The van der Waals surface area contributed by atoms with E-state index in [4.69, 9.17) is 0 Å². The van der Waals surface area contributed by atoms with Crippen LogP contribution in [-0.4, -0.2) is 97.5 Å². The standard InChI is InChI=1S/C27H37FN8O2/c1-34(2)15-9-11-25(38)35(3)20-24(37)29-14-6-4-5-10-21-18-31-27(32-22-12-13-23(28)30-19-22)33-26(21)36-16-7-8-17-36/h9,11-13,18-19,26H,4,6-8,14-17,20H2,1-3H3,(H,29,37)(H2,31,32,33)/b11-9+. The Kier molecular flexibility index (Phi) is 11.3. The molecule has 38 heavy (non-hydrogen) atoms. The Morgan fingerprint density at radius 1 is 1.26 bits per heavy atom. The zero-order valence-corrected chi connectivity index (χ0v) is 22.3. The van der Waals surface area contributed by atoms with E-state index in [-0.39, 0.29) is 24.5 Å². The molecule has 0 bridgehead atoms. The molecule has 0 spiro atoms. The highest BCUT2D eigenvalue weighted by molar-refractivity contribution is 5.95. The van der Waals surface area contributed by atoms with Gasteiger partial charge < -0.3 is 25.8 Å². The summed E-state index contributed by atoms with van der Waals surface area (Å²) in [5.74, 6) is 6.04. The number of guanidine groups is 1. The van der Waals surface area contributed by atoms with E-state index in [1.54, 1.807) is 25.4 Å². The number of aromatic nitrogens is 1. The van der Waals surface area contributed by atoms with Crippen LogP contribution in [0.5, 0.6) is 0 Å². The zero-order valence-electron chi connectivity index (χ0n) is 22.3. The number of likely N-dealkylation sites (tertiary alicyclic amines) is 1. The van der Waals surface area contributed by atoms with E-state index in [9.17, 15) is 14.0 Å². The molecule has 1 aromatic heterocycles. The number of aliphatic imine (C=N–C) groups is 1. The smallest absolute Gasteiger partial charge is 0.246 e. The van der Waals surface area contributed by atoms with Crippen LogP contribution in [0.1, 0.15) is 25.7 Å². The number of carbonyl (C=O) groups excluding carboxylic acids is 2. The summed E-state index contributed by atoms with van der Waals surface area (Å²) < 4.78 is 13.1. The number of carbonyl (C=O) groups is 2. The number of amides is 2. The van der Waals surface area contributed by atoms with Gasteiger partial charge in [-0.3, -0.25) is 14.5 Å². The average molecular weight is 525 g/mol. The van der Waals surface area contributed by atoms with E-state index in [2.05, 4.69) is 42.7 Å². The summed E-state index contributed by atoms with van der Waals surface area (Å²) >= 11 is 0. The van der Waals surface area contributed by atoms with Crippen LogP contribution in [0.4, 0.5) is 10.1 Å². The van der Waals surface area contributed by atoms with Gasteiger partial charge >= 0.3 is 0 Å². The highest BCUT2D eigenvalue weighted by atomic mass is 19.1. The molecule has 0 saturated carbocycles. The molecule has 1 unspecified atom stereocenters. The van der Waals surface area contributed by atoms with Crippen molar-refractivity contribution in [2.24, 2.45) is 4.99 Å². The maximum Gasteiger partial charge on any atom is 0.246 e. The van der Waals surface area contributed by atoms with Crippen molar-refractivity contribution < 1.29 is 14.0 Å². The lowest BCUT2D eigenvalue weighted by Crippen LogP contribution is -2.51. The Balaban J connectivity index is 1.46. The van der Waals surface area contributed by atoms with Crippen molar-refractivity contribution in [1.82, 2.24) is 30.3 Å². The van der Waals surface area contributed by atoms with Gasteiger partial charge in [-0.2, -0.15) is 4.39 Å². The summed E-state index contributed by atoms with van der Waals surface area (Å²) in [6.45, 7) is 3.09. The fraction of sp³-hybridized carbons (Fsp3) is 0.481. The first-order chi connectivity index (χ1) is 18.3. The van der Waals surface area contributed by atoms with E-state index < -0.39 is 5.95 Å². The van der Waals surface area contributed by atoms with Crippen LogP contribution >= 0.6 is 0 Å². The molecule has 1 saturated heterocycles. The molecular weight excluding hydrogens is 487 g/mol. The molecule has 3 rings (SSSR count). The third kappa shape index (κ3) is 9.61. The zero-order chi connectivity index (χ0) is 27.3. The number of anilines is 1. The molecule has 0 aromatic carbocycles. The van der Waals surface area contributed by atoms with Gasteiger partial charge in [0, 0.05) is 51.9 Å². The molecule has 0 aliphatic carbocycles. The molecule has 2 aliphatic heterocycles. The summed E-state index contributed by atoms with van der Waals surface area (Å²) in [5.41, 5.74) is 1.51. The van der Waals surface area contributed by atoms with E-state index in [1.807, 2.05) is 19.0 Å². The molecular formula is C27H37FN8O2. The maximum absolute atomic E-state index is 13.1. The molecule has 3 heterocycles. The minimum atomic E-state index is -0.535. The Morgan fingerprint density at radius 3 is 2.76 bits per heavy atom. The van der Waals surface area contributed by atoms with Gasteiger partial charge in [-0.25, -0.2) is 9.98 Å². The average Bonchev–Trinajstić information content (AvgIpc) is 3.42. The van der Waals surface area contributed by atoms with Gasteiger partial charge in [-0.05, 0) is 45.5 Å². The SMILES string of the molecule is CN(C)C/C=C/C(=O)N(C)CC(=O)NCCCC#CC1=CN=C(Nc2ccc(F)nc2)NC1N1CCCC1. The highest BCUT2D eigenvalue weighted by Crippen LogP contribution is 2.18. The van der Waals surface area contributed by atoms with Crippen LogP contribution < -0.4 is 16.0 Å². The number of nitrogens with zero attached hydrogens (tertiary/aromatic N) is 5. The third-order valence-corrected chi connectivity index (χ3v) is 5.92. The minimum Gasteiger partial charge on any atom is -0.355 e. The van der Waals surface area contributed by atoms with Crippen LogP contribution in [0.3, 0.4) is 0 Å². The molecule has 10 nitrogen and oxygen atoms in total. The normalized spacial score (nSPS) is 17.3. The molecule has 1 fully saturated rings. The summed E-state index contributed by atoms with van der Waals surface area (Å²) in [4.78, 5) is 38.0. The molecule has 2 amide bonds. The maximum atomic E-state index is 13.1. The Morgan fingerprint density at radius 2 is 2.05 bits per heavy atom. The second-order valence-corrected chi connectivity index (χ2v) is 9.46. The Hall–Kier alpha value is -3.75. The first-order valence-corrected chi connectivity index (χ1v) is 12.8. The van der Waals surface area contributed by atoms with Crippen molar-refractivity contribution in [2.75, 3.05) is 59.2 Å². The van der Waals surface area contributed by atoms with Gasteiger partial charge in [0.15, 0.2) is 0 Å². The number of halogens is 1. The Labute approximate surface area is 224 Å². The van der Waals surface area contributed by atoms with Crippen molar-refractivity contribution in [3.05, 3.63) is 48.2 Å². The summed E-state index contributed by atoms with van der Waals surface area (Å²) in [7, 11) is 5.45. The fourth-order valence-electron chi connectivity index (χ4n) is 3.90. The molecule has 3 N–H and O–H groups in total. The van der Waals surface area contributed by atoms with Crippen molar-refractivity contribution in [1.29, 1.82) is 0 Å². The topological polar surface area (TPSA) is 105 Å². The summed E-state index contributed by atoms with van der Waals surface area (Å²) in [6.07, 6.45) is 9.90. The molecule has 1 aromatic rings. The molecule has 0 radical (unpaired) electrons. The number of nitrogens with one attached hydrogen (secondary N) is 3. The van der Waals surface area contributed by atoms with Crippen LogP contribution in [0.25, 0.3) is 0 Å². The van der Waals surface area contributed by atoms with Crippen molar-refractivity contribution in [2.45, 2.75) is 31.8 Å². The van der Waals surface area contributed by atoms with Crippen LogP contribution in [0.2, 0.25) is 0 Å². The van der Waals surface area contributed by atoms with Gasteiger partial charge in [-0.1, -0.05) is 17.9 Å². The van der Waals surface area contributed by atoms with Gasteiger partial charge in [-0.15, -0.1) is 0 Å². The van der Waals surface area contributed by atoms with Gasteiger partial charge in [0.2, 0.25) is 23.7 Å². The summed E-state index contributed by atoms with van der Waals surface area (Å²) in [6, 6.07) is 2.90. The van der Waals surface area contributed by atoms with Crippen molar-refractivity contribution in [3.63, 3.8) is 0 Å². The van der Waals surface area contributed by atoms with Gasteiger partial charge in [0.1, 0.15) is 6.17 Å². The predicted molar refractivity (Wildman–Crippen MR) is 146 cm³/mol. The molecule has 204 valence electrons. The lowest BCUT2D eigenvalue weighted by molar-refractivity contribution is -0.131. The number of hydrogen-bond donors (Lipinski definition) is 3. The monoisotopic (exact) mass is 524 g/mol. The largest absolute Gasteiger partial charge is 0.355 e. The lowest BCUT2D eigenvalue weighted by atomic mass is 10.1.